The number of phosphoric ester groups is 1. The van der Waals surface area contributed by atoms with Crippen molar-refractivity contribution in [3.05, 3.63) is 12.7 Å². The van der Waals surface area contributed by atoms with Crippen LogP contribution in [0, 0.1) is 0 Å². The predicted octanol–water partition coefficient (Wildman–Crippen LogP) is -0.969. The molecule has 1 saturated heterocycles. The van der Waals surface area contributed by atoms with Crippen LogP contribution in [0.25, 0.3) is 11.2 Å². The van der Waals surface area contributed by atoms with Crippen LogP contribution in [0.2, 0.25) is 0 Å². The summed E-state index contributed by atoms with van der Waals surface area (Å²) in [5.41, 5.74) is 0.246. The van der Waals surface area contributed by atoms with Gasteiger partial charge in [-0.05, 0) is 0 Å². The first-order valence-corrected chi connectivity index (χ1v) is 10.5. The summed E-state index contributed by atoms with van der Waals surface area (Å²) >= 11 is 0. The quantitative estimate of drug-likeness (QED) is 0.326. The van der Waals surface area contributed by atoms with Crippen LogP contribution >= 0.6 is 15.6 Å². The van der Waals surface area contributed by atoms with Crippen LogP contribution in [0.15, 0.2) is 12.7 Å². The van der Waals surface area contributed by atoms with Crippen LogP contribution in [-0.2, 0) is 27.4 Å². The maximum Gasteiger partial charge on any atom is 0.481 e. The Morgan fingerprint density at radius 1 is 1.25 bits per heavy atom. The van der Waals surface area contributed by atoms with Gasteiger partial charge in [-0.3, -0.25) is 9.09 Å². The van der Waals surface area contributed by atoms with Crippen molar-refractivity contribution >= 4 is 26.8 Å². The second kappa shape index (κ2) is 7.72. The van der Waals surface area contributed by atoms with Gasteiger partial charge in [-0.2, -0.15) is 9.29 Å². The van der Waals surface area contributed by atoms with Gasteiger partial charge in [0.15, 0.2) is 17.4 Å². The van der Waals surface area contributed by atoms with Crippen molar-refractivity contribution in [2.75, 3.05) is 13.7 Å². The number of hydrogen-bond donors (Lipinski definition) is 5. The number of aliphatic hydroxyl groups is 1. The summed E-state index contributed by atoms with van der Waals surface area (Å²) in [4.78, 5) is 38.1. The summed E-state index contributed by atoms with van der Waals surface area (Å²) in [7, 11) is -9.11. The zero-order valence-electron chi connectivity index (χ0n) is 14.0. The summed E-state index contributed by atoms with van der Waals surface area (Å²) in [5, 5.41) is 20.1. The number of ether oxygens (including phenoxy) is 2. The van der Waals surface area contributed by atoms with E-state index in [0.717, 1.165) is 6.33 Å². The molecule has 0 spiro atoms. The maximum atomic E-state index is 11.6. The van der Waals surface area contributed by atoms with E-state index in [-0.39, 0.29) is 17.0 Å². The van der Waals surface area contributed by atoms with Crippen molar-refractivity contribution in [3.63, 3.8) is 0 Å². The van der Waals surface area contributed by atoms with E-state index >= 15 is 0 Å². The van der Waals surface area contributed by atoms with E-state index in [0.29, 0.717) is 0 Å². The smallest absolute Gasteiger partial charge is 0.481 e. The third-order valence-electron chi connectivity index (χ3n) is 3.81. The van der Waals surface area contributed by atoms with Gasteiger partial charge >= 0.3 is 15.6 Å². The third kappa shape index (κ3) is 4.39. The van der Waals surface area contributed by atoms with Crippen LogP contribution in [-0.4, -0.2) is 76.4 Å². The standard InChI is InChI=1S/C11H16N4O11P2/c1-23-8-7(16)5(2-24-28(21,22)26-27(18,19)20)25-11(8)15-4-14-6-9(15)12-3-13-10(6)17/h3-5,7-8,11,16H,2H2,1H3,(H,21,22)(H,12,13,17)(H2,18,19,20)/t5-,7?,8?,11-/m1/s1. The first-order chi connectivity index (χ1) is 13.0. The number of aromatic hydroxyl groups is 1. The summed E-state index contributed by atoms with van der Waals surface area (Å²) in [5.74, 6) is -0.369. The topological polar surface area (TPSA) is 216 Å². The molecule has 0 radical (unpaired) electrons. The minimum absolute atomic E-state index is 0.0741. The molecule has 1 aliphatic heterocycles. The number of methoxy groups -OCH3 is 1. The third-order valence-corrected chi connectivity index (χ3v) is 5.96. The first-order valence-electron chi connectivity index (χ1n) is 7.49. The number of hydrogen-bond acceptors (Lipinski definition) is 11. The van der Waals surface area contributed by atoms with Crippen LogP contribution in [0.4, 0.5) is 0 Å². The molecular formula is C11H16N4O11P2. The molecule has 1 aliphatic rings. The lowest BCUT2D eigenvalue weighted by atomic mass is 10.1. The number of aromatic nitrogens is 4. The lowest BCUT2D eigenvalue weighted by molar-refractivity contribution is -0.0577. The van der Waals surface area contributed by atoms with Crippen molar-refractivity contribution in [3.8, 4) is 5.88 Å². The average molecular weight is 442 g/mol. The van der Waals surface area contributed by atoms with Gasteiger partial charge in [0.05, 0.1) is 12.9 Å². The fraction of sp³-hybridized carbons (Fsp3) is 0.545. The molecule has 3 heterocycles. The average Bonchev–Trinajstić information content (AvgIpc) is 3.12. The highest BCUT2D eigenvalue weighted by Crippen LogP contribution is 2.57. The lowest BCUT2D eigenvalue weighted by Gasteiger charge is -2.19. The molecule has 2 aromatic heterocycles. The van der Waals surface area contributed by atoms with Gasteiger partial charge in [0.1, 0.15) is 24.6 Å². The van der Waals surface area contributed by atoms with Crippen molar-refractivity contribution in [1.82, 2.24) is 19.5 Å². The molecule has 28 heavy (non-hydrogen) atoms. The molecule has 0 aliphatic carbocycles. The highest BCUT2D eigenvalue weighted by atomic mass is 31.3. The zero-order valence-corrected chi connectivity index (χ0v) is 15.8. The van der Waals surface area contributed by atoms with Crippen LogP contribution in [0.1, 0.15) is 6.23 Å². The van der Waals surface area contributed by atoms with E-state index in [1.54, 1.807) is 0 Å². The molecule has 3 rings (SSSR count). The Kier molecular flexibility index (Phi) is 5.85. The fourth-order valence-corrected chi connectivity index (χ4v) is 4.29. The lowest BCUT2D eigenvalue weighted by Crippen LogP contribution is -2.35. The van der Waals surface area contributed by atoms with Crippen molar-refractivity contribution in [1.29, 1.82) is 0 Å². The monoisotopic (exact) mass is 442 g/mol. The SMILES string of the molecule is COC1C(O)[C@@H](COP(=O)(O)OP(=O)(O)O)O[C@H]1n1cnc2c(O)ncnc21. The van der Waals surface area contributed by atoms with Gasteiger partial charge < -0.3 is 34.4 Å². The van der Waals surface area contributed by atoms with E-state index in [9.17, 15) is 24.2 Å². The van der Waals surface area contributed by atoms with Crippen molar-refractivity contribution < 1.29 is 52.3 Å². The van der Waals surface area contributed by atoms with E-state index in [4.69, 9.17) is 19.3 Å². The Bertz CT molecular complexity index is 948. The molecule has 0 aromatic carbocycles. The Labute approximate surface area is 156 Å². The van der Waals surface area contributed by atoms with E-state index in [1.165, 1.54) is 18.0 Å². The normalized spacial score (nSPS) is 27.9. The molecular weight excluding hydrogens is 426 g/mol. The van der Waals surface area contributed by atoms with Gasteiger partial charge in [-0.25, -0.2) is 19.1 Å². The number of fused-ring (bicyclic) bond motifs is 1. The number of aliphatic hydroxyl groups excluding tert-OH is 1. The molecule has 1 fully saturated rings. The molecule has 0 amide bonds. The van der Waals surface area contributed by atoms with Crippen molar-refractivity contribution in [2.24, 2.45) is 0 Å². The zero-order chi connectivity index (χ0) is 20.7. The largest absolute Gasteiger partial charge is 0.492 e. The van der Waals surface area contributed by atoms with Gasteiger partial charge in [0.2, 0.25) is 5.88 Å². The first kappa shape index (κ1) is 21.2. The van der Waals surface area contributed by atoms with Crippen LogP contribution < -0.4 is 0 Å². The number of imidazole rings is 1. The number of phosphoric acid groups is 2. The van der Waals surface area contributed by atoms with E-state index in [1.807, 2.05) is 0 Å². The Balaban J connectivity index is 1.79. The molecule has 0 saturated carbocycles. The minimum atomic E-state index is -5.28. The molecule has 15 nitrogen and oxygen atoms in total. The van der Waals surface area contributed by atoms with Crippen LogP contribution in [0.3, 0.4) is 0 Å². The molecule has 3 unspecified atom stereocenters. The second-order valence-electron chi connectivity index (χ2n) is 5.61. The summed E-state index contributed by atoms with van der Waals surface area (Å²) < 4.78 is 42.5. The number of rotatable bonds is 7. The predicted molar refractivity (Wildman–Crippen MR) is 86.6 cm³/mol. The highest BCUT2D eigenvalue weighted by Gasteiger charge is 2.47. The second-order valence-corrected chi connectivity index (χ2v) is 8.44. The molecule has 2 aromatic rings. The minimum Gasteiger partial charge on any atom is -0.492 e. The summed E-state index contributed by atoms with van der Waals surface area (Å²) in [6.45, 7) is -0.752. The Hall–Kier alpha value is -1.51. The highest BCUT2D eigenvalue weighted by molar-refractivity contribution is 7.60. The summed E-state index contributed by atoms with van der Waals surface area (Å²) in [6.07, 6.45) is -2.26. The summed E-state index contributed by atoms with van der Waals surface area (Å²) in [6, 6.07) is 0. The van der Waals surface area contributed by atoms with E-state index < -0.39 is 46.8 Å². The maximum absolute atomic E-state index is 11.6. The Morgan fingerprint density at radius 3 is 2.61 bits per heavy atom. The molecule has 17 heteroatoms. The molecule has 5 N–H and O–H groups in total. The molecule has 0 bridgehead atoms. The van der Waals surface area contributed by atoms with Crippen LogP contribution in [0.5, 0.6) is 5.88 Å². The number of nitrogens with zero attached hydrogens (tertiary/aromatic N) is 4. The molecule has 156 valence electrons. The fourth-order valence-electron chi connectivity index (χ4n) is 2.69. The van der Waals surface area contributed by atoms with Crippen molar-refractivity contribution in [2.45, 2.75) is 24.5 Å². The molecule has 5 atom stereocenters. The Morgan fingerprint density at radius 2 is 1.96 bits per heavy atom. The van der Waals surface area contributed by atoms with Gasteiger partial charge in [0.25, 0.3) is 0 Å². The van der Waals surface area contributed by atoms with Gasteiger partial charge in [-0.1, -0.05) is 0 Å². The van der Waals surface area contributed by atoms with Gasteiger partial charge in [0, 0.05) is 7.11 Å². The van der Waals surface area contributed by atoms with Gasteiger partial charge in [-0.15, -0.1) is 0 Å². The van der Waals surface area contributed by atoms with E-state index in [2.05, 4.69) is 23.8 Å².